The topological polar surface area (TPSA) is 54.0 Å². The molecule has 2 N–H and O–H groups in total. The first-order valence-corrected chi connectivity index (χ1v) is 8.11. The van der Waals surface area contributed by atoms with Crippen LogP contribution in [0.1, 0.15) is 57.3 Å². The van der Waals surface area contributed by atoms with Crippen molar-refractivity contribution in [1.29, 1.82) is 0 Å². The zero-order chi connectivity index (χ0) is 15.8. The van der Waals surface area contributed by atoms with Crippen LogP contribution in [0, 0.1) is 5.92 Å². The minimum atomic E-state index is -0.0988. The van der Waals surface area contributed by atoms with E-state index in [1.807, 2.05) is 0 Å². The lowest BCUT2D eigenvalue weighted by atomic mass is 9.95. The Morgan fingerprint density at radius 2 is 1.95 bits per heavy atom. The van der Waals surface area contributed by atoms with Gasteiger partial charge in [0.2, 0.25) is 0 Å². The van der Waals surface area contributed by atoms with Crippen LogP contribution in [-0.4, -0.2) is 23.5 Å². The standard InChI is InChI=1S/C16H26ClN3O/c1-5-8-18-15-10-13(9-14(17)20-15)16(21)19-11(4)12(6-2)7-3/h9-12H,5-8H2,1-4H3,(H,18,20)(H,19,21). The Morgan fingerprint density at radius 1 is 1.29 bits per heavy atom. The van der Waals surface area contributed by atoms with Crippen LogP contribution in [-0.2, 0) is 0 Å². The first-order chi connectivity index (χ1) is 10.0. The fourth-order valence-corrected chi connectivity index (χ4v) is 2.58. The number of anilines is 1. The molecule has 1 rings (SSSR count). The first kappa shape index (κ1) is 17.8. The summed E-state index contributed by atoms with van der Waals surface area (Å²) in [5.74, 6) is 1.03. The normalized spacial score (nSPS) is 12.3. The summed E-state index contributed by atoms with van der Waals surface area (Å²) in [5, 5.41) is 6.54. The second kappa shape index (κ2) is 8.88. The van der Waals surface area contributed by atoms with E-state index in [4.69, 9.17) is 11.6 Å². The number of nitrogens with one attached hydrogen (secondary N) is 2. The van der Waals surface area contributed by atoms with Crippen molar-refractivity contribution in [2.24, 2.45) is 5.92 Å². The molecule has 0 aliphatic heterocycles. The van der Waals surface area contributed by atoms with Crippen molar-refractivity contribution >= 4 is 23.3 Å². The maximum Gasteiger partial charge on any atom is 0.251 e. The van der Waals surface area contributed by atoms with E-state index in [-0.39, 0.29) is 11.9 Å². The quantitative estimate of drug-likeness (QED) is 0.710. The highest BCUT2D eigenvalue weighted by molar-refractivity contribution is 6.29. The molecule has 0 aliphatic carbocycles. The van der Waals surface area contributed by atoms with Gasteiger partial charge in [0, 0.05) is 18.2 Å². The number of hydrogen-bond donors (Lipinski definition) is 2. The van der Waals surface area contributed by atoms with Crippen LogP contribution in [0.3, 0.4) is 0 Å². The number of amides is 1. The first-order valence-electron chi connectivity index (χ1n) is 7.74. The number of halogens is 1. The highest BCUT2D eigenvalue weighted by atomic mass is 35.5. The molecule has 0 aliphatic rings. The SMILES string of the molecule is CCCNc1cc(C(=O)NC(C)C(CC)CC)cc(Cl)n1. The maximum absolute atomic E-state index is 12.3. The minimum absolute atomic E-state index is 0.0988. The smallest absolute Gasteiger partial charge is 0.251 e. The fourth-order valence-electron chi connectivity index (χ4n) is 2.38. The third kappa shape index (κ3) is 5.54. The number of hydrogen-bond acceptors (Lipinski definition) is 3. The Hall–Kier alpha value is -1.29. The molecule has 1 amide bonds. The van der Waals surface area contributed by atoms with Crippen LogP contribution < -0.4 is 10.6 Å². The van der Waals surface area contributed by atoms with Gasteiger partial charge in [-0.3, -0.25) is 4.79 Å². The Bertz CT molecular complexity index is 461. The van der Waals surface area contributed by atoms with Crippen LogP contribution in [0.5, 0.6) is 0 Å². The van der Waals surface area contributed by atoms with Gasteiger partial charge in [0.1, 0.15) is 11.0 Å². The molecule has 0 fully saturated rings. The van der Waals surface area contributed by atoms with Crippen LogP contribution >= 0.6 is 11.6 Å². The van der Waals surface area contributed by atoms with Crippen LogP contribution in [0.4, 0.5) is 5.82 Å². The van der Waals surface area contributed by atoms with Crippen molar-refractivity contribution in [1.82, 2.24) is 10.3 Å². The second-order valence-electron chi connectivity index (χ2n) is 5.33. The molecule has 118 valence electrons. The molecule has 1 unspecified atom stereocenters. The van der Waals surface area contributed by atoms with E-state index in [0.29, 0.717) is 22.5 Å². The lowest BCUT2D eigenvalue weighted by Crippen LogP contribution is -2.37. The zero-order valence-electron chi connectivity index (χ0n) is 13.4. The van der Waals surface area contributed by atoms with E-state index in [0.717, 1.165) is 25.8 Å². The Kier molecular flexibility index (Phi) is 7.51. The predicted octanol–water partition coefficient (Wildman–Crippen LogP) is 4.11. The number of nitrogens with zero attached hydrogens (tertiary/aromatic N) is 1. The maximum atomic E-state index is 12.3. The molecule has 0 radical (unpaired) electrons. The Morgan fingerprint density at radius 3 is 2.52 bits per heavy atom. The molecule has 1 atom stereocenters. The van der Waals surface area contributed by atoms with Gasteiger partial charge in [-0.15, -0.1) is 0 Å². The molecule has 0 spiro atoms. The molecule has 0 saturated heterocycles. The van der Waals surface area contributed by atoms with Gasteiger partial charge in [-0.1, -0.05) is 45.2 Å². The van der Waals surface area contributed by atoms with E-state index in [1.165, 1.54) is 0 Å². The number of rotatable bonds is 8. The largest absolute Gasteiger partial charge is 0.370 e. The lowest BCUT2D eigenvalue weighted by Gasteiger charge is -2.22. The predicted molar refractivity (Wildman–Crippen MR) is 89.0 cm³/mol. The summed E-state index contributed by atoms with van der Waals surface area (Å²) in [4.78, 5) is 16.5. The van der Waals surface area contributed by atoms with Gasteiger partial charge in [-0.2, -0.15) is 0 Å². The van der Waals surface area contributed by atoms with Crippen LogP contribution in [0.2, 0.25) is 5.15 Å². The highest BCUT2D eigenvalue weighted by Crippen LogP contribution is 2.17. The third-order valence-electron chi connectivity index (χ3n) is 3.73. The summed E-state index contributed by atoms with van der Waals surface area (Å²) in [6, 6.07) is 3.50. The molecule has 4 nitrogen and oxygen atoms in total. The number of carbonyl (C=O) groups is 1. The van der Waals surface area contributed by atoms with Gasteiger partial charge < -0.3 is 10.6 Å². The van der Waals surface area contributed by atoms with Crippen molar-refractivity contribution in [3.8, 4) is 0 Å². The molecule has 5 heteroatoms. The van der Waals surface area contributed by atoms with Gasteiger partial charge in [0.05, 0.1) is 0 Å². The number of carbonyl (C=O) groups excluding carboxylic acids is 1. The lowest BCUT2D eigenvalue weighted by molar-refractivity contribution is 0.0925. The van der Waals surface area contributed by atoms with Crippen molar-refractivity contribution in [3.63, 3.8) is 0 Å². The van der Waals surface area contributed by atoms with Crippen LogP contribution in [0.25, 0.3) is 0 Å². The summed E-state index contributed by atoms with van der Waals surface area (Å²) < 4.78 is 0. The summed E-state index contributed by atoms with van der Waals surface area (Å²) in [7, 11) is 0. The minimum Gasteiger partial charge on any atom is -0.370 e. The van der Waals surface area contributed by atoms with E-state index >= 15 is 0 Å². The summed E-state index contributed by atoms with van der Waals surface area (Å²) in [6.45, 7) is 9.22. The van der Waals surface area contributed by atoms with Gasteiger partial charge in [0.15, 0.2) is 0 Å². The zero-order valence-corrected chi connectivity index (χ0v) is 14.1. The van der Waals surface area contributed by atoms with E-state index in [2.05, 4.69) is 43.3 Å². The average Bonchev–Trinajstić information content (AvgIpc) is 2.45. The molecular formula is C16H26ClN3O. The summed E-state index contributed by atoms with van der Waals surface area (Å²) >= 11 is 6.00. The number of aromatic nitrogens is 1. The van der Waals surface area contributed by atoms with Gasteiger partial charge in [-0.05, 0) is 31.4 Å². The summed E-state index contributed by atoms with van der Waals surface area (Å²) in [5.41, 5.74) is 0.548. The molecule has 0 saturated carbocycles. The average molecular weight is 312 g/mol. The monoisotopic (exact) mass is 311 g/mol. The van der Waals surface area contributed by atoms with E-state index in [1.54, 1.807) is 12.1 Å². The van der Waals surface area contributed by atoms with Crippen molar-refractivity contribution in [2.45, 2.75) is 53.0 Å². The highest BCUT2D eigenvalue weighted by Gasteiger charge is 2.17. The van der Waals surface area contributed by atoms with Crippen molar-refractivity contribution in [3.05, 3.63) is 22.8 Å². The summed E-state index contributed by atoms with van der Waals surface area (Å²) in [6.07, 6.45) is 3.10. The van der Waals surface area contributed by atoms with Gasteiger partial charge in [-0.25, -0.2) is 4.98 Å². The number of pyridine rings is 1. The molecule has 1 aromatic heterocycles. The van der Waals surface area contributed by atoms with Gasteiger partial charge in [0.25, 0.3) is 5.91 Å². The molecule has 0 bridgehead atoms. The molecule has 0 aromatic carbocycles. The molecule has 1 aromatic rings. The second-order valence-corrected chi connectivity index (χ2v) is 5.72. The van der Waals surface area contributed by atoms with E-state index in [9.17, 15) is 4.79 Å². The molecule has 1 heterocycles. The molecular weight excluding hydrogens is 286 g/mol. The van der Waals surface area contributed by atoms with Crippen molar-refractivity contribution < 1.29 is 4.79 Å². The van der Waals surface area contributed by atoms with Crippen LogP contribution in [0.15, 0.2) is 12.1 Å². The molecule has 21 heavy (non-hydrogen) atoms. The Labute approximate surface area is 132 Å². The Balaban J connectivity index is 2.79. The van der Waals surface area contributed by atoms with E-state index < -0.39 is 0 Å². The fraction of sp³-hybridized carbons (Fsp3) is 0.625. The van der Waals surface area contributed by atoms with Gasteiger partial charge >= 0.3 is 0 Å². The third-order valence-corrected chi connectivity index (χ3v) is 3.92. The van der Waals surface area contributed by atoms with Crippen molar-refractivity contribution in [2.75, 3.05) is 11.9 Å².